The molecule has 148 valence electrons. The molecule has 0 fully saturated rings. The molecular weight excluding hydrogens is 354 g/mol. The SMILES string of the molecule is CN=C(NCCc1nc2ccccc2[nH]1)N(C)Cc1ccc(OC)cc1OC. The van der Waals surface area contributed by atoms with Crippen LogP contribution >= 0.6 is 0 Å². The second-order valence-corrected chi connectivity index (χ2v) is 6.46. The second kappa shape index (κ2) is 9.12. The van der Waals surface area contributed by atoms with Gasteiger partial charge < -0.3 is 24.7 Å². The first-order chi connectivity index (χ1) is 13.6. The van der Waals surface area contributed by atoms with Crippen molar-refractivity contribution in [1.29, 1.82) is 0 Å². The molecule has 7 heteroatoms. The molecule has 0 radical (unpaired) electrons. The predicted octanol–water partition coefficient (Wildman–Crippen LogP) is 2.83. The zero-order valence-electron chi connectivity index (χ0n) is 16.8. The quantitative estimate of drug-likeness (QED) is 0.486. The number of nitrogens with one attached hydrogen (secondary N) is 2. The maximum atomic E-state index is 5.49. The molecule has 0 amide bonds. The summed E-state index contributed by atoms with van der Waals surface area (Å²) in [4.78, 5) is 14.4. The zero-order chi connectivity index (χ0) is 19.9. The average molecular weight is 381 g/mol. The molecule has 0 bridgehead atoms. The van der Waals surface area contributed by atoms with Crippen LogP contribution < -0.4 is 14.8 Å². The van der Waals surface area contributed by atoms with Gasteiger partial charge in [0.15, 0.2) is 5.96 Å². The topological polar surface area (TPSA) is 74.8 Å². The molecule has 0 aliphatic rings. The highest BCUT2D eigenvalue weighted by Gasteiger charge is 2.11. The normalized spacial score (nSPS) is 11.5. The molecule has 2 N–H and O–H groups in total. The Balaban J connectivity index is 1.58. The van der Waals surface area contributed by atoms with Crippen LogP contribution in [0.5, 0.6) is 11.5 Å². The van der Waals surface area contributed by atoms with Crippen molar-refractivity contribution in [2.45, 2.75) is 13.0 Å². The Hall–Kier alpha value is -3.22. The second-order valence-electron chi connectivity index (χ2n) is 6.46. The average Bonchev–Trinajstić information content (AvgIpc) is 3.14. The van der Waals surface area contributed by atoms with E-state index in [2.05, 4.69) is 25.2 Å². The van der Waals surface area contributed by atoms with Gasteiger partial charge in [-0.25, -0.2) is 4.98 Å². The fraction of sp³-hybridized carbons (Fsp3) is 0.333. The van der Waals surface area contributed by atoms with Gasteiger partial charge in [-0.2, -0.15) is 0 Å². The van der Waals surface area contributed by atoms with E-state index >= 15 is 0 Å². The summed E-state index contributed by atoms with van der Waals surface area (Å²) in [7, 11) is 7.10. The molecule has 0 aliphatic carbocycles. The van der Waals surface area contributed by atoms with Crippen molar-refractivity contribution < 1.29 is 9.47 Å². The summed E-state index contributed by atoms with van der Waals surface area (Å²) in [6.07, 6.45) is 0.785. The highest BCUT2D eigenvalue weighted by molar-refractivity contribution is 5.79. The van der Waals surface area contributed by atoms with E-state index in [1.165, 1.54) is 0 Å². The molecule has 0 saturated heterocycles. The minimum Gasteiger partial charge on any atom is -0.497 e. The number of rotatable bonds is 7. The first-order valence-electron chi connectivity index (χ1n) is 9.21. The van der Waals surface area contributed by atoms with Crippen LogP contribution in [0.25, 0.3) is 11.0 Å². The van der Waals surface area contributed by atoms with Crippen LogP contribution in [-0.2, 0) is 13.0 Å². The number of aliphatic imine (C=N–C) groups is 1. The Morgan fingerprint density at radius 2 is 2.00 bits per heavy atom. The Morgan fingerprint density at radius 1 is 1.18 bits per heavy atom. The number of guanidine groups is 1. The first kappa shape index (κ1) is 19.5. The van der Waals surface area contributed by atoms with Gasteiger partial charge in [-0.3, -0.25) is 4.99 Å². The number of hydrogen-bond donors (Lipinski definition) is 2. The number of benzene rings is 2. The van der Waals surface area contributed by atoms with Crippen molar-refractivity contribution in [3.05, 3.63) is 53.9 Å². The van der Waals surface area contributed by atoms with Gasteiger partial charge in [0.05, 0.1) is 25.3 Å². The third-order valence-electron chi connectivity index (χ3n) is 4.56. The Morgan fingerprint density at radius 3 is 2.71 bits per heavy atom. The van der Waals surface area contributed by atoms with Crippen molar-refractivity contribution in [3.8, 4) is 11.5 Å². The molecule has 3 rings (SSSR count). The van der Waals surface area contributed by atoms with Gasteiger partial charge in [0.1, 0.15) is 17.3 Å². The minimum absolute atomic E-state index is 0.664. The van der Waals surface area contributed by atoms with Crippen LogP contribution in [0, 0.1) is 0 Å². The standard InChI is InChI=1S/C21H27N5O2/c1-22-21(23-12-11-20-24-17-7-5-6-8-18(17)25-20)26(2)14-15-9-10-16(27-3)13-19(15)28-4/h5-10,13H,11-12,14H2,1-4H3,(H,22,23)(H,24,25). The number of aromatic amines is 1. The number of imidazole rings is 1. The van der Waals surface area contributed by atoms with E-state index in [9.17, 15) is 0 Å². The van der Waals surface area contributed by atoms with E-state index in [1.54, 1.807) is 21.3 Å². The molecule has 0 spiro atoms. The number of H-pyrrole nitrogens is 1. The van der Waals surface area contributed by atoms with Crippen LogP contribution in [0.1, 0.15) is 11.4 Å². The third kappa shape index (κ3) is 4.54. The number of methoxy groups -OCH3 is 2. The lowest BCUT2D eigenvalue weighted by molar-refractivity contribution is 0.382. The number of para-hydroxylation sites is 2. The lowest BCUT2D eigenvalue weighted by Gasteiger charge is -2.23. The molecule has 0 unspecified atom stereocenters. The van der Waals surface area contributed by atoms with Gasteiger partial charge in [-0.1, -0.05) is 12.1 Å². The highest BCUT2D eigenvalue weighted by atomic mass is 16.5. The maximum absolute atomic E-state index is 5.49. The van der Waals surface area contributed by atoms with Crippen LogP contribution in [0.2, 0.25) is 0 Å². The summed E-state index contributed by atoms with van der Waals surface area (Å²) in [6, 6.07) is 13.9. The molecule has 0 aliphatic heterocycles. The Labute approximate surface area is 165 Å². The summed E-state index contributed by atoms with van der Waals surface area (Å²) in [5.74, 6) is 3.35. The number of ether oxygens (including phenoxy) is 2. The zero-order valence-corrected chi connectivity index (χ0v) is 16.8. The van der Waals surface area contributed by atoms with Crippen LogP contribution in [-0.4, -0.2) is 55.7 Å². The summed E-state index contributed by atoms with van der Waals surface area (Å²) < 4.78 is 10.8. The van der Waals surface area contributed by atoms with Gasteiger partial charge >= 0.3 is 0 Å². The molecule has 28 heavy (non-hydrogen) atoms. The minimum atomic E-state index is 0.664. The summed E-state index contributed by atoms with van der Waals surface area (Å²) >= 11 is 0. The van der Waals surface area contributed by atoms with Gasteiger partial charge in [0.25, 0.3) is 0 Å². The van der Waals surface area contributed by atoms with E-state index in [0.29, 0.717) is 6.54 Å². The molecule has 0 saturated carbocycles. The summed E-state index contributed by atoms with van der Waals surface area (Å²) in [5, 5.41) is 3.39. The smallest absolute Gasteiger partial charge is 0.193 e. The maximum Gasteiger partial charge on any atom is 0.193 e. The largest absolute Gasteiger partial charge is 0.497 e. The highest BCUT2D eigenvalue weighted by Crippen LogP contribution is 2.25. The molecule has 7 nitrogen and oxygen atoms in total. The Kier molecular flexibility index (Phi) is 6.37. The van der Waals surface area contributed by atoms with Crippen molar-refractivity contribution in [2.75, 3.05) is 34.9 Å². The Bertz CT molecular complexity index is 918. The van der Waals surface area contributed by atoms with Crippen molar-refractivity contribution in [1.82, 2.24) is 20.2 Å². The van der Waals surface area contributed by atoms with Gasteiger partial charge in [-0.05, 0) is 24.3 Å². The first-order valence-corrected chi connectivity index (χ1v) is 9.21. The van der Waals surface area contributed by atoms with E-state index in [0.717, 1.165) is 52.8 Å². The fourth-order valence-corrected chi connectivity index (χ4v) is 3.11. The lowest BCUT2D eigenvalue weighted by atomic mass is 10.2. The monoisotopic (exact) mass is 381 g/mol. The van der Waals surface area contributed by atoms with Crippen LogP contribution in [0.15, 0.2) is 47.5 Å². The summed E-state index contributed by atoms with van der Waals surface area (Å²) in [5.41, 5.74) is 3.11. The van der Waals surface area contributed by atoms with Crippen LogP contribution in [0.4, 0.5) is 0 Å². The summed E-state index contributed by atoms with van der Waals surface area (Å²) in [6.45, 7) is 1.40. The lowest BCUT2D eigenvalue weighted by Crippen LogP contribution is -2.39. The fourth-order valence-electron chi connectivity index (χ4n) is 3.11. The predicted molar refractivity (Wildman–Crippen MR) is 112 cm³/mol. The van der Waals surface area contributed by atoms with E-state index in [1.807, 2.05) is 49.5 Å². The van der Waals surface area contributed by atoms with E-state index in [4.69, 9.17) is 9.47 Å². The molecular formula is C21H27N5O2. The number of nitrogens with zero attached hydrogens (tertiary/aromatic N) is 3. The molecule has 3 aromatic rings. The third-order valence-corrected chi connectivity index (χ3v) is 4.56. The van der Waals surface area contributed by atoms with Crippen molar-refractivity contribution in [2.24, 2.45) is 4.99 Å². The van der Waals surface area contributed by atoms with Gasteiger partial charge in [0, 0.05) is 45.2 Å². The van der Waals surface area contributed by atoms with Crippen molar-refractivity contribution in [3.63, 3.8) is 0 Å². The number of aromatic nitrogens is 2. The van der Waals surface area contributed by atoms with E-state index < -0.39 is 0 Å². The molecule has 1 heterocycles. The molecule has 0 atom stereocenters. The number of hydrogen-bond acceptors (Lipinski definition) is 4. The van der Waals surface area contributed by atoms with Gasteiger partial charge in [-0.15, -0.1) is 0 Å². The number of fused-ring (bicyclic) bond motifs is 1. The van der Waals surface area contributed by atoms with Crippen molar-refractivity contribution >= 4 is 17.0 Å². The van der Waals surface area contributed by atoms with Gasteiger partial charge in [0.2, 0.25) is 0 Å². The molecule has 1 aromatic heterocycles. The molecule has 2 aromatic carbocycles. The van der Waals surface area contributed by atoms with E-state index in [-0.39, 0.29) is 0 Å². The van der Waals surface area contributed by atoms with Crippen LogP contribution in [0.3, 0.4) is 0 Å².